The molecule has 1 aromatic carbocycles. The molecule has 2 aliphatic rings. The molecule has 0 unspecified atom stereocenters. The lowest BCUT2D eigenvalue weighted by molar-refractivity contribution is 0.423. The number of piperazine rings is 1. The zero-order valence-corrected chi connectivity index (χ0v) is 12.4. The van der Waals surface area contributed by atoms with E-state index in [9.17, 15) is 8.42 Å². The standard InChI is InChI=1S/C15H17N3O2S/c19-21(20)9-13-14(10-21)18(8-7-16-13)15-6-5-11-3-1-2-4-12(11)17-15/h1-6,13-14,16H,7-10H2/t13-,14+/m0/s1. The van der Waals surface area contributed by atoms with Crippen LogP contribution < -0.4 is 10.2 Å². The van der Waals surface area contributed by atoms with E-state index in [1.54, 1.807) is 0 Å². The number of hydrogen-bond donors (Lipinski definition) is 1. The van der Waals surface area contributed by atoms with Crippen LogP contribution >= 0.6 is 0 Å². The first-order valence-corrected chi connectivity index (χ1v) is 9.01. The summed E-state index contributed by atoms with van der Waals surface area (Å²) in [6, 6.07) is 12.1. The maximum Gasteiger partial charge on any atom is 0.153 e. The Balaban J connectivity index is 1.73. The largest absolute Gasteiger partial charge is 0.350 e. The smallest absolute Gasteiger partial charge is 0.153 e. The zero-order chi connectivity index (χ0) is 14.4. The summed E-state index contributed by atoms with van der Waals surface area (Å²) < 4.78 is 23.8. The van der Waals surface area contributed by atoms with Gasteiger partial charge in [-0.05, 0) is 18.2 Å². The van der Waals surface area contributed by atoms with Gasteiger partial charge in [0.15, 0.2) is 9.84 Å². The minimum Gasteiger partial charge on any atom is -0.350 e. The second kappa shape index (κ2) is 4.68. The number of fused-ring (bicyclic) bond motifs is 2. The van der Waals surface area contributed by atoms with E-state index in [0.29, 0.717) is 0 Å². The number of anilines is 1. The average molecular weight is 303 g/mol. The monoisotopic (exact) mass is 303 g/mol. The van der Waals surface area contributed by atoms with Gasteiger partial charge in [0.05, 0.1) is 23.1 Å². The van der Waals surface area contributed by atoms with Crippen LogP contribution in [-0.2, 0) is 9.84 Å². The lowest BCUT2D eigenvalue weighted by atomic mass is 10.1. The van der Waals surface area contributed by atoms with Gasteiger partial charge in [0.2, 0.25) is 0 Å². The molecule has 2 fully saturated rings. The number of benzene rings is 1. The van der Waals surface area contributed by atoms with E-state index in [2.05, 4.69) is 16.3 Å². The molecule has 0 radical (unpaired) electrons. The molecule has 0 aliphatic carbocycles. The molecule has 6 heteroatoms. The molecule has 2 saturated heterocycles. The molecule has 21 heavy (non-hydrogen) atoms. The van der Waals surface area contributed by atoms with Crippen molar-refractivity contribution in [1.82, 2.24) is 10.3 Å². The maximum absolute atomic E-state index is 11.9. The Kier molecular flexibility index (Phi) is 2.90. The lowest BCUT2D eigenvalue weighted by Gasteiger charge is -2.38. The van der Waals surface area contributed by atoms with Crippen LogP contribution in [0.5, 0.6) is 0 Å². The van der Waals surface area contributed by atoms with Gasteiger partial charge >= 0.3 is 0 Å². The van der Waals surface area contributed by atoms with Gasteiger partial charge in [-0.2, -0.15) is 0 Å². The minimum absolute atomic E-state index is 0.00240. The highest BCUT2D eigenvalue weighted by Gasteiger charge is 2.43. The first kappa shape index (κ1) is 13.0. The fourth-order valence-electron chi connectivity index (χ4n) is 3.37. The van der Waals surface area contributed by atoms with E-state index in [-0.39, 0.29) is 23.6 Å². The topological polar surface area (TPSA) is 62.3 Å². The van der Waals surface area contributed by atoms with E-state index in [1.165, 1.54) is 0 Å². The highest BCUT2D eigenvalue weighted by Crippen LogP contribution is 2.27. The van der Waals surface area contributed by atoms with Crippen LogP contribution in [0.3, 0.4) is 0 Å². The third-order valence-corrected chi connectivity index (χ3v) is 6.08. The van der Waals surface area contributed by atoms with Crippen molar-refractivity contribution < 1.29 is 8.42 Å². The minimum atomic E-state index is -2.94. The number of nitrogens with zero attached hydrogens (tertiary/aromatic N) is 2. The first-order chi connectivity index (χ1) is 10.1. The molecule has 4 rings (SSSR count). The van der Waals surface area contributed by atoms with Gasteiger partial charge in [0.25, 0.3) is 0 Å². The summed E-state index contributed by atoms with van der Waals surface area (Å²) in [5, 5.41) is 4.43. The molecule has 110 valence electrons. The first-order valence-electron chi connectivity index (χ1n) is 7.19. The van der Waals surface area contributed by atoms with E-state index in [0.717, 1.165) is 29.8 Å². The number of hydrogen-bond acceptors (Lipinski definition) is 5. The van der Waals surface area contributed by atoms with Crippen molar-refractivity contribution in [3.63, 3.8) is 0 Å². The van der Waals surface area contributed by atoms with Crippen LogP contribution in [0.15, 0.2) is 36.4 Å². The fraction of sp³-hybridized carbons (Fsp3) is 0.400. The van der Waals surface area contributed by atoms with Gasteiger partial charge in [-0.1, -0.05) is 18.2 Å². The molecule has 3 heterocycles. The summed E-state index contributed by atoms with van der Waals surface area (Å²) in [6.07, 6.45) is 0. The Labute approximate surface area is 123 Å². The Hall–Kier alpha value is -1.66. The van der Waals surface area contributed by atoms with E-state index in [4.69, 9.17) is 4.98 Å². The van der Waals surface area contributed by atoms with Crippen LogP contribution in [0.1, 0.15) is 0 Å². The Morgan fingerprint density at radius 3 is 2.90 bits per heavy atom. The highest BCUT2D eigenvalue weighted by molar-refractivity contribution is 7.91. The molecule has 5 nitrogen and oxygen atoms in total. The van der Waals surface area contributed by atoms with Crippen molar-refractivity contribution in [3.05, 3.63) is 36.4 Å². The Morgan fingerprint density at radius 2 is 2.00 bits per heavy atom. The van der Waals surface area contributed by atoms with Crippen LogP contribution in [-0.4, -0.2) is 50.1 Å². The van der Waals surface area contributed by atoms with Gasteiger partial charge < -0.3 is 10.2 Å². The molecule has 1 N–H and O–H groups in total. The Morgan fingerprint density at radius 1 is 1.14 bits per heavy atom. The number of pyridine rings is 1. The number of nitrogens with one attached hydrogen (secondary N) is 1. The van der Waals surface area contributed by atoms with E-state index in [1.807, 2.05) is 30.3 Å². The molecule has 0 spiro atoms. The van der Waals surface area contributed by atoms with Gasteiger partial charge in [0, 0.05) is 24.5 Å². The molecular formula is C15H17N3O2S. The summed E-state index contributed by atoms with van der Waals surface area (Å²) in [6.45, 7) is 1.59. The second-order valence-corrected chi connectivity index (χ2v) is 7.91. The van der Waals surface area contributed by atoms with Crippen molar-refractivity contribution in [3.8, 4) is 0 Å². The maximum atomic E-state index is 11.9. The van der Waals surface area contributed by atoms with Crippen molar-refractivity contribution in [2.45, 2.75) is 12.1 Å². The molecule has 2 aromatic rings. The normalized spacial score (nSPS) is 27.7. The number of sulfone groups is 1. The average Bonchev–Trinajstić information content (AvgIpc) is 2.80. The fourth-order valence-corrected chi connectivity index (χ4v) is 5.32. The lowest BCUT2D eigenvalue weighted by Crippen LogP contribution is -2.57. The summed E-state index contributed by atoms with van der Waals surface area (Å²) in [5.74, 6) is 1.34. The highest BCUT2D eigenvalue weighted by atomic mass is 32.2. The van der Waals surface area contributed by atoms with Crippen LogP contribution in [0.25, 0.3) is 10.9 Å². The Bertz CT molecular complexity index is 790. The van der Waals surface area contributed by atoms with E-state index >= 15 is 0 Å². The summed E-state index contributed by atoms with van der Waals surface area (Å²) in [5.41, 5.74) is 0.950. The van der Waals surface area contributed by atoms with Gasteiger partial charge in [-0.15, -0.1) is 0 Å². The van der Waals surface area contributed by atoms with Crippen LogP contribution in [0, 0.1) is 0 Å². The molecular weight excluding hydrogens is 286 g/mol. The quantitative estimate of drug-likeness (QED) is 0.845. The predicted octanol–water partition coefficient (Wildman–Crippen LogP) is 0.810. The molecule has 2 atom stereocenters. The van der Waals surface area contributed by atoms with Crippen molar-refractivity contribution >= 4 is 26.6 Å². The SMILES string of the molecule is O=S1(=O)C[C@@H]2NCCN(c3ccc4ccccc4n3)[C@@H]2C1. The van der Waals surface area contributed by atoms with Gasteiger partial charge in [-0.3, -0.25) is 0 Å². The van der Waals surface area contributed by atoms with Crippen molar-refractivity contribution in [2.75, 3.05) is 29.5 Å². The summed E-state index contributed by atoms with van der Waals surface area (Å²) in [4.78, 5) is 6.86. The second-order valence-electron chi connectivity index (χ2n) is 5.76. The zero-order valence-electron chi connectivity index (χ0n) is 11.6. The number of rotatable bonds is 1. The van der Waals surface area contributed by atoms with Crippen LogP contribution in [0.2, 0.25) is 0 Å². The summed E-state index contributed by atoms with van der Waals surface area (Å²) in [7, 11) is -2.94. The van der Waals surface area contributed by atoms with Gasteiger partial charge in [0.1, 0.15) is 5.82 Å². The third-order valence-electron chi connectivity index (χ3n) is 4.36. The molecule has 0 bridgehead atoms. The molecule has 2 aliphatic heterocycles. The van der Waals surface area contributed by atoms with Crippen molar-refractivity contribution in [2.24, 2.45) is 0 Å². The third kappa shape index (κ3) is 2.28. The molecule has 1 aromatic heterocycles. The summed E-state index contributed by atoms with van der Waals surface area (Å²) >= 11 is 0. The number of para-hydroxylation sites is 1. The van der Waals surface area contributed by atoms with E-state index < -0.39 is 9.84 Å². The van der Waals surface area contributed by atoms with Crippen molar-refractivity contribution in [1.29, 1.82) is 0 Å². The predicted molar refractivity (Wildman–Crippen MR) is 83.3 cm³/mol. The molecule has 0 amide bonds. The molecule has 0 saturated carbocycles. The van der Waals surface area contributed by atoms with Crippen LogP contribution in [0.4, 0.5) is 5.82 Å². The van der Waals surface area contributed by atoms with Gasteiger partial charge in [-0.25, -0.2) is 13.4 Å². The number of aromatic nitrogens is 1.